The molecule has 0 aliphatic heterocycles. The van der Waals surface area contributed by atoms with E-state index in [1.807, 2.05) is 67.4 Å². The van der Waals surface area contributed by atoms with E-state index < -0.39 is 0 Å². The molecule has 3 rings (SSSR count). The molecule has 1 amide bonds. The number of hydrogen-bond donors (Lipinski definition) is 1. The smallest absolute Gasteiger partial charge is 0.272 e. The Morgan fingerprint density at radius 2 is 2.08 bits per heavy atom. The van der Waals surface area contributed by atoms with E-state index in [0.29, 0.717) is 12.3 Å². The molecule has 0 bridgehead atoms. The van der Waals surface area contributed by atoms with E-state index in [2.05, 4.69) is 10.3 Å². The zero-order valence-corrected chi connectivity index (χ0v) is 14.7. The Morgan fingerprint density at radius 1 is 1.33 bits per heavy atom. The number of ether oxygens (including phenoxy) is 1. The van der Waals surface area contributed by atoms with Crippen molar-refractivity contribution in [3.05, 3.63) is 52.6 Å². The first-order chi connectivity index (χ1) is 11.6. The van der Waals surface area contributed by atoms with Gasteiger partial charge in [-0.3, -0.25) is 4.79 Å². The predicted molar refractivity (Wildman–Crippen MR) is 96.8 cm³/mol. The number of amides is 1. The molecule has 24 heavy (non-hydrogen) atoms. The zero-order chi connectivity index (χ0) is 17.1. The topological polar surface area (TPSA) is 56.1 Å². The SMILES string of the molecule is CCOc1ccc(NC(=O)c2cc(-c3csc(C)n3)cn2C)cc1. The first-order valence-electron chi connectivity index (χ1n) is 7.70. The third-order valence-corrected chi connectivity index (χ3v) is 4.35. The number of carbonyl (C=O) groups excluding carboxylic acids is 1. The maximum absolute atomic E-state index is 12.5. The average molecular weight is 341 g/mol. The van der Waals surface area contributed by atoms with E-state index in [1.165, 1.54) is 0 Å². The summed E-state index contributed by atoms with van der Waals surface area (Å²) >= 11 is 1.60. The largest absolute Gasteiger partial charge is 0.494 e. The van der Waals surface area contributed by atoms with Crippen LogP contribution in [-0.4, -0.2) is 22.1 Å². The molecule has 5 nitrogen and oxygen atoms in total. The molecule has 2 aromatic heterocycles. The van der Waals surface area contributed by atoms with Gasteiger partial charge in [-0.2, -0.15) is 0 Å². The summed E-state index contributed by atoms with van der Waals surface area (Å²) < 4.78 is 7.21. The molecule has 124 valence electrons. The molecule has 0 saturated carbocycles. The van der Waals surface area contributed by atoms with E-state index in [0.717, 1.165) is 27.7 Å². The summed E-state index contributed by atoms with van der Waals surface area (Å²) in [4.78, 5) is 17.0. The fraction of sp³-hybridized carbons (Fsp3) is 0.222. The van der Waals surface area contributed by atoms with E-state index in [-0.39, 0.29) is 5.91 Å². The predicted octanol–water partition coefficient (Wildman–Crippen LogP) is 4.11. The van der Waals surface area contributed by atoms with Crippen LogP contribution >= 0.6 is 11.3 Å². The molecule has 0 fully saturated rings. The Hall–Kier alpha value is -2.60. The van der Waals surface area contributed by atoms with Crippen LogP contribution in [0.2, 0.25) is 0 Å². The fourth-order valence-corrected chi connectivity index (χ4v) is 3.04. The standard InChI is InChI=1S/C18H19N3O2S/c1-4-23-15-7-5-14(6-8-15)20-18(22)17-9-13(10-21(17)3)16-11-24-12(2)19-16/h5-11H,4H2,1-3H3,(H,20,22). The van der Waals surface area contributed by atoms with Crippen molar-refractivity contribution in [2.24, 2.45) is 7.05 Å². The molecule has 0 aliphatic carbocycles. The second kappa shape index (κ2) is 6.88. The van der Waals surface area contributed by atoms with Gasteiger partial charge in [-0.15, -0.1) is 11.3 Å². The minimum atomic E-state index is -0.153. The lowest BCUT2D eigenvalue weighted by atomic mass is 10.2. The molecule has 2 heterocycles. The van der Waals surface area contributed by atoms with Gasteiger partial charge in [-0.1, -0.05) is 0 Å². The van der Waals surface area contributed by atoms with Crippen LogP contribution in [0, 0.1) is 6.92 Å². The molecule has 1 N–H and O–H groups in total. The van der Waals surface area contributed by atoms with Crippen LogP contribution in [0.15, 0.2) is 41.9 Å². The van der Waals surface area contributed by atoms with Crippen molar-refractivity contribution in [3.8, 4) is 17.0 Å². The summed E-state index contributed by atoms with van der Waals surface area (Å²) in [5.41, 5.74) is 3.16. The van der Waals surface area contributed by atoms with Crippen molar-refractivity contribution in [2.45, 2.75) is 13.8 Å². The highest BCUT2D eigenvalue weighted by atomic mass is 32.1. The molecular formula is C18H19N3O2S. The van der Waals surface area contributed by atoms with Crippen molar-refractivity contribution >= 4 is 22.9 Å². The number of benzene rings is 1. The second-order valence-corrected chi connectivity index (χ2v) is 6.45. The van der Waals surface area contributed by atoms with Gasteiger partial charge in [-0.25, -0.2) is 4.98 Å². The Kier molecular flexibility index (Phi) is 4.66. The van der Waals surface area contributed by atoms with Gasteiger partial charge in [0.25, 0.3) is 5.91 Å². The molecule has 0 saturated heterocycles. The highest BCUT2D eigenvalue weighted by Crippen LogP contribution is 2.24. The van der Waals surface area contributed by atoms with Gasteiger partial charge in [-0.05, 0) is 44.2 Å². The van der Waals surface area contributed by atoms with Crippen LogP contribution in [0.1, 0.15) is 22.4 Å². The molecule has 0 aliphatic rings. The van der Waals surface area contributed by atoms with Gasteiger partial charge in [0.15, 0.2) is 0 Å². The third-order valence-electron chi connectivity index (χ3n) is 3.58. The van der Waals surface area contributed by atoms with E-state index in [4.69, 9.17) is 4.74 Å². The summed E-state index contributed by atoms with van der Waals surface area (Å²) in [6.07, 6.45) is 1.92. The van der Waals surface area contributed by atoms with Crippen molar-refractivity contribution in [1.82, 2.24) is 9.55 Å². The number of nitrogens with one attached hydrogen (secondary N) is 1. The number of nitrogens with zero attached hydrogens (tertiary/aromatic N) is 2. The minimum absolute atomic E-state index is 0.153. The highest BCUT2D eigenvalue weighted by Gasteiger charge is 2.14. The van der Waals surface area contributed by atoms with Crippen molar-refractivity contribution in [2.75, 3.05) is 11.9 Å². The Bertz CT molecular complexity index is 850. The first kappa shape index (κ1) is 16.3. The molecule has 6 heteroatoms. The Labute approximate surface area is 144 Å². The Balaban J connectivity index is 1.76. The number of aryl methyl sites for hydroxylation is 2. The number of carbonyl (C=O) groups is 1. The summed E-state index contributed by atoms with van der Waals surface area (Å²) in [5, 5.41) is 5.91. The summed E-state index contributed by atoms with van der Waals surface area (Å²) in [6, 6.07) is 9.20. The lowest BCUT2D eigenvalue weighted by Crippen LogP contribution is -2.15. The van der Waals surface area contributed by atoms with Crippen LogP contribution < -0.4 is 10.1 Å². The zero-order valence-electron chi connectivity index (χ0n) is 13.9. The van der Waals surface area contributed by atoms with Crippen molar-refractivity contribution < 1.29 is 9.53 Å². The van der Waals surface area contributed by atoms with Crippen LogP contribution in [0.3, 0.4) is 0 Å². The van der Waals surface area contributed by atoms with Crippen molar-refractivity contribution in [3.63, 3.8) is 0 Å². The van der Waals surface area contributed by atoms with Crippen LogP contribution in [0.5, 0.6) is 5.75 Å². The third kappa shape index (κ3) is 3.49. The molecule has 0 atom stereocenters. The molecule has 0 unspecified atom stereocenters. The van der Waals surface area contributed by atoms with E-state index >= 15 is 0 Å². The van der Waals surface area contributed by atoms with Gasteiger partial charge in [0, 0.05) is 29.9 Å². The van der Waals surface area contributed by atoms with Crippen LogP contribution in [0.25, 0.3) is 11.3 Å². The van der Waals surface area contributed by atoms with Gasteiger partial charge >= 0.3 is 0 Å². The maximum Gasteiger partial charge on any atom is 0.272 e. The highest BCUT2D eigenvalue weighted by molar-refractivity contribution is 7.09. The van der Waals surface area contributed by atoms with Crippen molar-refractivity contribution in [1.29, 1.82) is 0 Å². The maximum atomic E-state index is 12.5. The molecule has 1 aromatic carbocycles. The number of thiazole rings is 1. The number of rotatable bonds is 5. The molecule has 0 radical (unpaired) electrons. The number of aromatic nitrogens is 2. The molecule has 0 spiro atoms. The minimum Gasteiger partial charge on any atom is -0.494 e. The van der Waals surface area contributed by atoms with Gasteiger partial charge in [0.2, 0.25) is 0 Å². The second-order valence-electron chi connectivity index (χ2n) is 5.39. The van der Waals surface area contributed by atoms with Crippen LogP contribution in [0.4, 0.5) is 5.69 Å². The lowest BCUT2D eigenvalue weighted by molar-refractivity contribution is 0.101. The van der Waals surface area contributed by atoms with E-state index in [9.17, 15) is 4.79 Å². The Morgan fingerprint density at radius 3 is 2.71 bits per heavy atom. The lowest BCUT2D eigenvalue weighted by Gasteiger charge is -2.07. The monoisotopic (exact) mass is 341 g/mol. The molecule has 3 aromatic rings. The molecular weight excluding hydrogens is 322 g/mol. The normalized spacial score (nSPS) is 10.6. The summed E-state index contributed by atoms with van der Waals surface area (Å²) in [5.74, 6) is 0.635. The van der Waals surface area contributed by atoms with E-state index in [1.54, 1.807) is 11.3 Å². The number of hydrogen-bond acceptors (Lipinski definition) is 4. The number of anilines is 1. The first-order valence-corrected chi connectivity index (χ1v) is 8.58. The average Bonchev–Trinajstić information content (AvgIpc) is 3.15. The summed E-state index contributed by atoms with van der Waals surface area (Å²) in [6.45, 7) is 4.52. The van der Waals surface area contributed by atoms with Gasteiger partial charge < -0.3 is 14.6 Å². The summed E-state index contributed by atoms with van der Waals surface area (Å²) in [7, 11) is 1.86. The fourth-order valence-electron chi connectivity index (χ4n) is 2.42. The van der Waals surface area contributed by atoms with Gasteiger partial charge in [0.1, 0.15) is 11.4 Å². The quantitative estimate of drug-likeness (QED) is 0.760. The van der Waals surface area contributed by atoms with Gasteiger partial charge in [0.05, 0.1) is 17.3 Å². The van der Waals surface area contributed by atoms with Crippen LogP contribution in [-0.2, 0) is 7.05 Å².